The summed E-state index contributed by atoms with van der Waals surface area (Å²) in [7, 11) is 1.61. The Bertz CT molecular complexity index is 789. The van der Waals surface area contributed by atoms with Crippen molar-refractivity contribution in [2.45, 2.75) is 19.3 Å². The third-order valence-electron chi connectivity index (χ3n) is 5.32. The van der Waals surface area contributed by atoms with Gasteiger partial charge in [0.15, 0.2) is 0 Å². The second-order valence-corrected chi connectivity index (χ2v) is 7.37. The van der Waals surface area contributed by atoms with Gasteiger partial charge in [-0.1, -0.05) is 60.2 Å². The minimum Gasteiger partial charge on any atom is -0.383 e. The number of nitrogens with zero attached hydrogens (tertiary/aromatic N) is 1. The molecule has 0 radical (unpaired) electrons. The lowest BCUT2D eigenvalue weighted by Crippen LogP contribution is -2.37. The van der Waals surface area contributed by atoms with E-state index in [2.05, 4.69) is 29.6 Å². The Morgan fingerprint density at radius 3 is 2.46 bits per heavy atom. The first-order valence-electron chi connectivity index (χ1n) is 9.73. The number of ether oxygens (including phenoxy) is 1. The molecule has 3 rings (SSSR count). The van der Waals surface area contributed by atoms with E-state index in [4.69, 9.17) is 4.74 Å². The van der Waals surface area contributed by atoms with Crippen LogP contribution in [0.5, 0.6) is 0 Å². The van der Waals surface area contributed by atoms with Gasteiger partial charge in [0.25, 0.3) is 0 Å². The predicted molar refractivity (Wildman–Crippen MR) is 109 cm³/mol. The summed E-state index contributed by atoms with van der Waals surface area (Å²) in [6.07, 6.45) is 0.361. The van der Waals surface area contributed by atoms with E-state index >= 15 is 0 Å². The van der Waals surface area contributed by atoms with Crippen molar-refractivity contribution in [3.05, 3.63) is 71.3 Å². The Balaban J connectivity index is 1.74. The molecule has 0 saturated carbocycles. The summed E-state index contributed by atoms with van der Waals surface area (Å²) in [6, 6.07) is 18.0. The van der Waals surface area contributed by atoms with Crippen molar-refractivity contribution >= 4 is 11.8 Å². The molecule has 0 aliphatic carbocycles. The third kappa shape index (κ3) is 4.98. The van der Waals surface area contributed by atoms with E-state index in [1.54, 1.807) is 7.11 Å². The molecule has 1 heterocycles. The molecule has 2 aromatic rings. The van der Waals surface area contributed by atoms with Crippen LogP contribution in [0.2, 0.25) is 0 Å². The Hall–Kier alpha value is -2.66. The fourth-order valence-electron chi connectivity index (χ4n) is 3.71. The lowest BCUT2D eigenvalue weighted by Gasteiger charge is -2.18. The molecule has 0 bridgehead atoms. The number of amides is 2. The van der Waals surface area contributed by atoms with Gasteiger partial charge in [0.2, 0.25) is 11.8 Å². The van der Waals surface area contributed by atoms with Crippen LogP contribution in [-0.4, -0.2) is 50.1 Å². The van der Waals surface area contributed by atoms with Gasteiger partial charge in [0.05, 0.1) is 18.9 Å². The molecule has 1 aliphatic rings. The molecular formula is C23H28N2O3. The number of carbonyl (C=O) groups is 2. The summed E-state index contributed by atoms with van der Waals surface area (Å²) in [4.78, 5) is 27.5. The third-order valence-corrected chi connectivity index (χ3v) is 5.32. The fraction of sp³-hybridized carbons (Fsp3) is 0.391. The van der Waals surface area contributed by atoms with E-state index in [-0.39, 0.29) is 23.7 Å². The number of aryl methyl sites for hydroxylation is 1. The van der Waals surface area contributed by atoms with E-state index in [0.29, 0.717) is 32.7 Å². The monoisotopic (exact) mass is 380 g/mol. The van der Waals surface area contributed by atoms with E-state index < -0.39 is 0 Å². The molecular weight excluding hydrogens is 352 g/mol. The van der Waals surface area contributed by atoms with E-state index in [0.717, 1.165) is 11.1 Å². The van der Waals surface area contributed by atoms with E-state index in [9.17, 15) is 9.59 Å². The van der Waals surface area contributed by atoms with Crippen LogP contribution in [-0.2, 0) is 20.7 Å². The van der Waals surface area contributed by atoms with Gasteiger partial charge in [-0.3, -0.25) is 9.59 Å². The van der Waals surface area contributed by atoms with E-state index in [1.807, 2.05) is 42.2 Å². The molecule has 1 fully saturated rings. The molecule has 148 valence electrons. The number of likely N-dealkylation sites (tertiary alicyclic amines) is 1. The summed E-state index contributed by atoms with van der Waals surface area (Å²) in [5, 5.41) is 2.94. The number of carbonyl (C=O) groups excluding carboxylic acids is 2. The van der Waals surface area contributed by atoms with Crippen molar-refractivity contribution in [3.8, 4) is 0 Å². The van der Waals surface area contributed by atoms with Gasteiger partial charge in [-0.05, 0) is 18.1 Å². The quantitative estimate of drug-likeness (QED) is 0.751. The zero-order valence-electron chi connectivity index (χ0n) is 16.6. The fourth-order valence-corrected chi connectivity index (χ4v) is 3.71. The van der Waals surface area contributed by atoms with Gasteiger partial charge < -0.3 is 15.0 Å². The van der Waals surface area contributed by atoms with Crippen molar-refractivity contribution in [3.63, 3.8) is 0 Å². The van der Waals surface area contributed by atoms with Crippen molar-refractivity contribution in [1.82, 2.24) is 10.2 Å². The maximum Gasteiger partial charge on any atom is 0.227 e. The van der Waals surface area contributed by atoms with Gasteiger partial charge in [-0.2, -0.15) is 0 Å². The number of hydrogen-bond acceptors (Lipinski definition) is 3. The number of rotatable bonds is 7. The summed E-state index contributed by atoms with van der Waals surface area (Å²) >= 11 is 0. The molecule has 1 N–H and O–H groups in total. The molecule has 1 saturated heterocycles. The number of nitrogens with one attached hydrogen (secondary N) is 1. The topological polar surface area (TPSA) is 58.6 Å². The second kappa shape index (κ2) is 9.51. The van der Waals surface area contributed by atoms with Gasteiger partial charge in [-0.15, -0.1) is 0 Å². The zero-order chi connectivity index (χ0) is 19.9. The minimum absolute atomic E-state index is 0.00266. The first kappa shape index (κ1) is 20.1. The highest BCUT2D eigenvalue weighted by Crippen LogP contribution is 2.33. The van der Waals surface area contributed by atoms with Gasteiger partial charge >= 0.3 is 0 Å². The lowest BCUT2D eigenvalue weighted by atomic mass is 9.88. The van der Waals surface area contributed by atoms with Crippen LogP contribution < -0.4 is 5.32 Å². The molecule has 1 aliphatic heterocycles. The van der Waals surface area contributed by atoms with Crippen molar-refractivity contribution in [1.29, 1.82) is 0 Å². The van der Waals surface area contributed by atoms with Crippen molar-refractivity contribution < 1.29 is 14.3 Å². The van der Waals surface area contributed by atoms with Crippen molar-refractivity contribution in [2.75, 3.05) is 33.4 Å². The van der Waals surface area contributed by atoms with Crippen LogP contribution in [0.4, 0.5) is 0 Å². The average Bonchev–Trinajstić information content (AvgIpc) is 3.15. The molecule has 5 nitrogen and oxygen atoms in total. The standard InChI is InChI=1S/C23H28N2O3/c1-17-8-10-19(11-9-17)20-15-25(16-21(20)23(27)24-12-13-28-2)22(26)14-18-6-4-3-5-7-18/h3-11,20-21H,12-16H2,1-2H3,(H,24,27). The van der Waals surface area contributed by atoms with Crippen LogP contribution >= 0.6 is 0 Å². The zero-order valence-corrected chi connectivity index (χ0v) is 16.6. The van der Waals surface area contributed by atoms with Crippen LogP contribution in [0.1, 0.15) is 22.6 Å². The Labute approximate surface area is 166 Å². The summed E-state index contributed by atoms with van der Waals surface area (Å²) in [5.74, 6) is -0.199. The predicted octanol–water partition coefficient (Wildman–Crippen LogP) is 2.54. The Morgan fingerprint density at radius 2 is 1.79 bits per heavy atom. The molecule has 2 unspecified atom stereocenters. The lowest BCUT2D eigenvalue weighted by molar-refractivity contribution is -0.130. The molecule has 2 amide bonds. The molecule has 0 aromatic heterocycles. The van der Waals surface area contributed by atoms with E-state index in [1.165, 1.54) is 5.56 Å². The first-order chi connectivity index (χ1) is 13.6. The molecule has 2 aromatic carbocycles. The molecule has 5 heteroatoms. The highest BCUT2D eigenvalue weighted by molar-refractivity contribution is 5.84. The minimum atomic E-state index is -0.251. The van der Waals surface area contributed by atoms with Crippen LogP contribution in [0.25, 0.3) is 0 Å². The van der Waals surface area contributed by atoms with Crippen molar-refractivity contribution in [2.24, 2.45) is 5.92 Å². The summed E-state index contributed by atoms with van der Waals surface area (Å²) < 4.78 is 5.03. The molecule has 0 spiro atoms. The van der Waals surface area contributed by atoms with Gasteiger partial charge in [0.1, 0.15) is 0 Å². The summed E-state index contributed by atoms with van der Waals surface area (Å²) in [6.45, 7) is 4.01. The van der Waals surface area contributed by atoms with Crippen LogP contribution in [0, 0.1) is 12.8 Å². The maximum absolute atomic E-state index is 12.8. The maximum atomic E-state index is 12.8. The van der Waals surface area contributed by atoms with Crippen LogP contribution in [0.3, 0.4) is 0 Å². The first-order valence-corrected chi connectivity index (χ1v) is 9.73. The Morgan fingerprint density at radius 1 is 1.07 bits per heavy atom. The smallest absolute Gasteiger partial charge is 0.227 e. The second-order valence-electron chi connectivity index (χ2n) is 7.37. The molecule has 28 heavy (non-hydrogen) atoms. The molecule has 2 atom stereocenters. The average molecular weight is 380 g/mol. The number of methoxy groups -OCH3 is 1. The largest absolute Gasteiger partial charge is 0.383 e. The highest BCUT2D eigenvalue weighted by Gasteiger charge is 2.40. The van der Waals surface area contributed by atoms with Crippen LogP contribution in [0.15, 0.2) is 54.6 Å². The SMILES string of the molecule is COCCNC(=O)C1CN(C(=O)Cc2ccccc2)CC1c1ccc(C)cc1. The summed E-state index contributed by atoms with van der Waals surface area (Å²) in [5.41, 5.74) is 3.28. The number of benzene rings is 2. The highest BCUT2D eigenvalue weighted by atomic mass is 16.5. The Kier molecular flexibility index (Phi) is 6.82. The normalized spacial score (nSPS) is 18.9. The van der Waals surface area contributed by atoms with Gasteiger partial charge in [-0.25, -0.2) is 0 Å². The number of hydrogen-bond donors (Lipinski definition) is 1. The van der Waals surface area contributed by atoms with Gasteiger partial charge in [0, 0.05) is 32.7 Å².